The Morgan fingerprint density at radius 2 is 1.63 bits per heavy atom. The minimum atomic E-state index is -1.29. The molecule has 0 radical (unpaired) electrons. The van der Waals surface area contributed by atoms with Crippen LogP contribution in [0.3, 0.4) is 0 Å². The van der Waals surface area contributed by atoms with Crippen molar-refractivity contribution >= 4 is 35.2 Å². The van der Waals surface area contributed by atoms with Crippen molar-refractivity contribution in [3.8, 4) is 0 Å². The molecule has 12 nitrogen and oxygen atoms in total. The number of carbonyl (C=O) groups excluding carboxylic acids is 5. The molecule has 1 unspecified atom stereocenters. The lowest BCUT2D eigenvalue weighted by Crippen LogP contribution is -2.51. The molecule has 59 heavy (non-hydrogen) atoms. The molecule has 0 saturated heterocycles. The molecular weight excluding hydrogens is 747 g/mol. The van der Waals surface area contributed by atoms with Gasteiger partial charge >= 0.3 is 0 Å². The number of hydrogen-bond acceptors (Lipinski definition) is 7. The molecule has 3 fully saturated rings. The van der Waals surface area contributed by atoms with Gasteiger partial charge in [0, 0.05) is 31.7 Å². The third-order valence-electron chi connectivity index (χ3n) is 14.7. The summed E-state index contributed by atoms with van der Waals surface area (Å²) in [5.41, 5.74) is 8.84. The van der Waals surface area contributed by atoms with E-state index in [1.807, 2.05) is 0 Å². The fourth-order valence-corrected chi connectivity index (χ4v) is 11.5. The Labute approximate surface area is 352 Å². The first-order valence-corrected chi connectivity index (χ1v) is 22.6. The van der Waals surface area contributed by atoms with Gasteiger partial charge in [0.2, 0.25) is 29.5 Å². The molecule has 0 heterocycles. The zero-order chi connectivity index (χ0) is 42.7. The van der Waals surface area contributed by atoms with E-state index < -0.39 is 42.6 Å². The Morgan fingerprint density at radius 3 is 2.34 bits per heavy atom. The van der Waals surface area contributed by atoms with E-state index >= 15 is 0 Å². The van der Waals surface area contributed by atoms with Crippen LogP contribution in [0.5, 0.6) is 0 Å². The van der Waals surface area contributed by atoms with Crippen LogP contribution in [0, 0.1) is 46.3 Å². The Hall–Kier alpha value is -3.77. The van der Waals surface area contributed by atoms with Crippen LogP contribution in [0.25, 0.3) is 0 Å². The highest BCUT2D eigenvalue weighted by atomic mass is 16.5. The van der Waals surface area contributed by atoms with Gasteiger partial charge in [0.15, 0.2) is 0 Å². The number of ether oxygens (including phenoxy) is 1. The van der Waals surface area contributed by atoms with Gasteiger partial charge in [-0.25, -0.2) is 0 Å². The van der Waals surface area contributed by atoms with Crippen LogP contribution in [-0.2, 0) is 35.3 Å². The number of fused-ring (bicyclic) bond motifs is 5. The van der Waals surface area contributed by atoms with Crippen LogP contribution >= 0.6 is 0 Å². The predicted molar refractivity (Wildman–Crippen MR) is 229 cm³/mol. The maximum Gasteiger partial charge on any atom is 0.243 e. The first-order chi connectivity index (χ1) is 28.1. The number of amides is 5. The molecule has 12 heteroatoms. The quantitative estimate of drug-likeness (QED) is 0.0620. The number of aliphatic hydroxyl groups is 1. The highest BCUT2D eigenvalue weighted by Crippen LogP contribution is 2.67. The number of anilines is 1. The highest BCUT2D eigenvalue weighted by molar-refractivity contribution is 5.97. The van der Waals surface area contributed by atoms with Gasteiger partial charge in [-0.05, 0) is 122 Å². The van der Waals surface area contributed by atoms with Gasteiger partial charge in [0.25, 0.3) is 0 Å². The fraction of sp³-hybridized carbons (Fsp3) is 0.723. The number of carbonyl (C=O) groups is 5. The summed E-state index contributed by atoms with van der Waals surface area (Å²) < 4.78 is 6.37. The maximum atomic E-state index is 12.7. The second kappa shape index (κ2) is 21.2. The summed E-state index contributed by atoms with van der Waals surface area (Å²) in [4.78, 5) is 61.8. The number of rotatable bonds is 21. The Bertz CT molecular complexity index is 1650. The van der Waals surface area contributed by atoms with Crippen LogP contribution in [-0.4, -0.2) is 66.5 Å². The van der Waals surface area contributed by atoms with Crippen LogP contribution in [0.2, 0.25) is 0 Å². The molecule has 0 bridgehead atoms. The first kappa shape index (κ1) is 46.3. The maximum absolute atomic E-state index is 12.7. The third kappa shape index (κ3) is 12.2. The van der Waals surface area contributed by atoms with Crippen molar-refractivity contribution in [3.05, 3.63) is 41.5 Å². The van der Waals surface area contributed by atoms with Crippen molar-refractivity contribution in [3.63, 3.8) is 0 Å². The number of primary amides is 1. The smallest absolute Gasteiger partial charge is 0.243 e. The summed E-state index contributed by atoms with van der Waals surface area (Å²) in [6.45, 7) is 12.9. The highest BCUT2D eigenvalue weighted by Gasteiger charge is 2.59. The average molecular weight is 820 g/mol. The molecule has 0 aromatic heterocycles. The number of nitrogens with one attached hydrogen (secondary N) is 4. The minimum absolute atomic E-state index is 0.0927. The standard InChI is InChI=1S/C47H73N5O7/c1-30(2)8-6-9-31(3)37-16-17-38-36-15-12-33-26-35(20-22-46(33,4)39(36)21-23-47(37,38)5)59-25-7-24-49-42(55)18-19-43(56)52-40(27-41(48)54)45(58)50-28-44(57)51-34-13-10-32(29-53)11-14-34/h10-14,30-31,35-40,53H,6-9,15-29H2,1-5H3,(H2,48,54)(H,49,55)(H,50,58)(H,51,57)(H,52,56)/t31-,35+,36+,37-,38+,39+,40?,46+,47-/m1/s1. The third-order valence-corrected chi connectivity index (χ3v) is 14.7. The van der Waals surface area contributed by atoms with E-state index in [0.717, 1.165) is 48.3 Å². The molecule has 4 aliphatic rings. The molecule has 1 aromatic rings. The van der Waals surface area contributed by atoms with Crippen LogP contribution in [0.1, 0.15) is 136 Å². The number of benzene rings is 1. The van der Waals surface area contributed by atoms with Gasteiger partial charge in [-0.3, -0.25) is 24.0 Å². The van der Waals surface area contributed by atoms with E-state index in [2.05, 4.69) is 62.0 Å². The molecule has 0 aliphatic heterocycles. The molecule has 328 valence electrons. The van der Waals surface area contributed by atoms with Crippen LogP contribution < -0.4 is 27.0 Å². The molecular formula is C47H73N5O7. The molecule has 5 rings (SSSR count). The topological polar surface area (TPSA) is 189 Å². The van der Waals surface area contributed by atoms with Gasteiger partial charge < -0.3 is 36.8 Å². The number of allylic oxidation sites excluding steroid dienone is 1. The summed E-state index contributed by atoms with van der Waals surface area (Å²) in [6, 6.07) is 5.23. The normalized spacial score (nSPS) is 28.3. The number of aliphatic hydroxyl groups excluding tert-OH is 1. The van der Waals surface area contributed by atoms with Crippen molar-refractivity contribution < 1.29 is 33.8 Å². The van der Waals surface area contributed by atoms with E-state index in [-0.39, 0.29) is 36.9 Å². The lowest BCUT2D eigenvalue weighted by Gasteiger charge is -2.58. The molecule has 5 amide bonds. The molecule has 3 saturated carbocycles. The van der Waals surface area contributed by atoms with Crippen molar-refractivity contribution in [2.75, 3.05) is 25.0 Å². The Balaban J connectivity index is 0.978. The largest absolute Gasteiger partial charge is 0.392 e. The van der Waals surface area contributed by atoms with Crippen LogP contribution in [0.15, 0.2) is 35.9 Å². The molecule has 1 aromatic carbocycles. The van der Waals surface area contributed by atoms with E-state index in [1.165, 1.54) is 57.8 Å². The summed E-state index contributed by atoms with van der Waals surface area (Å²) >= 11 is 0. The van der Waals surface area contributed by atoms with Gasteiger partial charge in [-0.2, -0.15) is 0 Å². The van der Waals surface area contributed by atoms with E-state index in [4.69, 9.17) is 15.6 Å². The lowest BCUT2D eigenvalue weighted by atomic mass is 9.47. The van der Waals surface area contributed by atoms with Crippen molar-refractivity contribution in [2.45, 2.75) is 150 Å². The van der Waals surface area contributed by atoms with Gasteiger partial charge in [-0.15, -0.1) is 0 Å². The second-order valence-electron chi connectivity index (χ2n) is 19.1. The summed E-state index contributed by atoms with van der Waals surface area (Å²) in [6.07, 6.45) is 16.9. The van der Waals surface area contributed by atoms with Crippen molar-refractivity contribution in [2.24, 2.45) is 52.1 Å². The Kier molecular flexibility index (Phi) is 16.6. The van der Waals surface area contributed by atoms with Crippen molar-refractivity contribution in [1.29, 1.82) is 0 Å². The van der Waals surface area contributed by atoms with E-state index in [1.54, 1.807) is 29.8 Å². The van der Waals surface area contributed by atoms with Gasteiger partial charge in [-0.1, -0.05) is 77.7 Å². The van der Waals surface area contributed by atoms with Gasteiger partial charge in [0.1, 0.15) is 6.04 Å². The van der Waals surface area contributed by atoms with E-state index in [9.17, 15) is 24.0 Å². The molecule has 0 spiro atoms. The first-order valence-electron chi connectivity index (χ1n) is 22.6. The zero-order valence-electron chi connectivity index (χ0n) is 36.4. The van der Waals surface area contributed by atoms with E-state index in [0.29, 0.717) is 36.2 Å². The number of hydrogen-bond donors (Lipinski definition) is 6. The average Bonchev–Trinajstić information content (AvgIpc) is 3.56. The monoisotopic (exact) mass is 820 g/mol. The number of nitrogens with two attached hydrogens (primary N) is 1. The minimum Gasteiger partial charge on any atom is -0.392 e. The summed E-state index contributed by atoms with van der Waals surface area (Å²) in [5, 5.41) is 19.5. The fourth-order valence-electron chi connectivity index (χ4n) is 11.5. The summed E-state index contributed by atoms with van der Waals surface area (Å²) in [5.74, 6) is 1.96. The summed E-state index contributed by atoms with van der Waals surface area (Å²) in [7, 11) is 0. The molecule has 7 N–H and O–H groups in total. The lowest BCUT2D eigenvalue weighted by molar-refractivity contribution is -0.132. The zero-order valence-corrected chi connectivity index (χ0v) is 36.4. The van der Waals surface area contributed by atoms with Crippen molar-refractivity contribution in [1.82, 2.24) is 16.0 Å². The van der Waals surface area contributed by atoms with Gasteiger partial charge in [0.05, 0.1) is 25.7 Å². The Morgan fingerprint density at radius 1 is 0.881 bits per heavy atom. The molecule has 9 atom stereocenters. The predicted octanol–water partition coefficient (Wildman–Crippen LogP) is 6.31. The van der Waals surface area contributed by atoms with Crippen LogP contribution in [0.4, 0.5) is 5.69 Å². The second-order valence-corrected chi connectivity index (χ2v) is 19.1. The SMILES string of the molecule is CC(C)CCC[C@@H](C)[C@H]1CC[C@H]2[C@@H]3CC=C4C[C@@H](OCCCNC(=O)CCC(=O)NC(CC(N)=O)C(=O)NCC(=O)Nc5ccc(CO)cc5)CC[C@]4(C)[C@H]3CC[C@]12C. The molecule has 4 aliphatic carbocycles.